The van der Waals surface area contributed by atoms with Crippen LogP contribution in [-0.4, -0.2) is 49.6 Å². The molecule has 0 saturated heterocycles. The lowest BCUT2D eigenvalue weighted by molar-refractivity contribution is -0.131. The monoisotopic (exact) mass is 500 g/mol. The van der Waals surface area contributed by atoms with Crippen LogP contribution in [0, 0.1) is 0 Å². The van der Waals surface area contributed by atoms with E-state index in [9.17, 15) is 18.0 Å². The van der Waals surface area contributed by atoms with Crippen LogP contribution in [0.25, 0.3) is 0 Å². The minimum Gasteiger partial charge on any atom is -0.490 e. The molecular weight excluding hydrogens is 465 g/mol. The van der Waals surface area contributed by atoms with E-state index in [1.807, 2.05) is 63.5 Å². The van der Waals surface area contributed by atoms with Crippen LogP contribution in [-0.2, 0) is 16.1 Å². The normalized spacial score (nSPS) is 15.7. The van der Waals surface area contributed by atoms with Crippen LogP contribution < -0.4 is 0 Å². The molecule has 2 unspecified atom stereocenters. The van der Waals surface area contributed by atoms with E-state index in [2.05, 4.69) is 17.0 Å². The van der Waals surface area contributed by atoms with Gasteiger partial charge in [-0.25, -0.2) is 0 Å². The highest BCUT2D eigenvalue weighted by Gasteiger charge is 2.34. The van der Waals surface area contributed by atoms with Crippen LogP contribution in [0.3, 0.4) is 0 Å². The number of halogens is 3. The van der Waals surface area contributed by atoms with Crippen LogP contribution in [0.1, 0.15) is 54.9 Å². The smallest absolute Gasteiger partial charge is 0.412 e. The Kier molecular flexibility index (Phi) is 9.37. The fourth-order valence-electron chi connectivity index (χ4n) is 4.27. The molecule has 1 aliphatic rings. The van der Waals surface area contributed by atoms with E-state index < -0.39 is 11.7 Å². The highest BCUT2D eigenvalue weighted by molar-refractivity contribution is 5.83. The topological polar surface area (TPSA) is 32.8 Å². The predicted molar refractivity (Wildman–Crippen MR) is 136 cm³/mol. The van der Waals surface area contributed by atoms with E-state index in [0.717, 1.165) is 23.7 Å². The summed E-state index contributed by atoms with van der Waals surface area (Å²) in [6, 6.07) is 17.7. The van der Waals surface area contributed by atoms with E-state index in [0.29, 0.717) is 18.7 Å². The van der Waals surface area contributed by atoms with Crippen LogP contribution in [0.2, 0.25) is 0 Å². The van der Waals surface area contributed by atoms with E-state index in [1.165, 1.54) is 11.6 Å². The summed E-state index contributed by atoms with van der Waals surface area (Å²) in [6.45, 7) is 3.20. The maximum atomic E-state index is 13.1. The number of likely N-dealkylation sites (N-methyl/N-ethyl adjacent to an activating group) is 1. The highest BCUT2D eigenvalue weighted by Crippen LogP contribution is 2.35. The van der Waals surface area contributed by atoms with Gasteiger partial charge in [-0.05, 0) is 50.2 Å². The number of benzene rings is 2. The number of rotatable bonds is 10. The number of amides is 1. The van der Waals surface area contributed by atoms with E-state index in [4.69, 9.17) is 4.74 Å². The van der Waals surface area contributed by atoms with Gasteiger partial charge >= 0.3 is 6.18 Å². The SMILES string of the molecule is CC(C(=O)N(C)CCC(OC1=CC=C(C(F)(F)F)CC1)c1ccccc1)c1ccc(CN(C)C)cc1. The van der Waals surface area contributed by atoms with Gasteiger partial charge in [-0.1, -0.05) is 60.7 Å². The quantitative estimate of drug-likeness (QED) is 0.367. The zero-order valence-electron chi connectivity index (χ0n) is 21.4. The summed E-state index contributed by atoms with van der Waals surface area (Å²) in [5, 5.41) is 0. The lowest BCUT2D eigenvalue weighted by atomic mass is 9.98. The molecule has 1 aliphatic carbocycles. The Morgan fingerprint density at radius 3 is 2.17 bits per heavy atom. The largest absolute Gasteiger partial charge is 0.490 e. The molecule has 2 aromatic carbocycles. The zero-order chi connectivity index (χ0) is 26.3. The molecule has 0 saturated carbocycles. The fourth-order valence-corrected chi connectivity index (χ4v) is 4.27. The molecule has 3 rings (SSSR count). The summed E-state index contributed by atoms with van der Waals surface area (Å²) in [7, 11) is 5.81. The molecule has 7 heteroatoms. The number of carbonyl (C=O) groups is 1. The fraction of sp³-hybridized carbons (Fsp3) is 0.414. The van der Waals surface area contributed by atoms with Crippen LogP contribution in [0.5, 0.6) is 0 Å². The molecule has 4 nitrogen and oxygen atoms in total. The molecule has 0 radical (unpaired) electrons. The lowest BCUT2D eigenvalue weighted by Crippen LogP contribution is -2.32. The van der Waals surface area contributed by atoms with Crippen molar-refractivity contribution in [3.63, 3.8) is 0 Å². The van der Waals surface area contributed by atoms with Crippen molar-refractivity contribution in [2.45, 2.75) is 50.9 Å². The van der Waals surface area contributed by atoms with Gasteiger partial charge in [0.25, 0.3) is 0 Å². The summed E-state index contributed by atoms with van der Waals surface area (Å²) in [5.41, 5.74) is 2.54. The highest BCUT2D eigenvalue weighted by atomic mass is 19.4. The average molecular weight is 501 g/mol. The second-order valence-electron chi connectivity index (χ2n) is 9.59. The first-order valence-electron chi connectivity index (χ1n) is 12.2. The second kappa shape index (κ2) is 12.3. The standard InChI is InChI=1S/C29H35F3N2O2/c1-21(23-12-10-22(11-13-23)20-33(2)3)28(35)34(4)19-18-27(24-8-6-5-7-9-24)36-26-16-14-25(15-17-26)29(30,31)32/h5-14,16,21,27H,15,17-20H2,1-4H3. The number of ether oxygens (including phenoxy) is 1. The molecule has 0 fully saturated rings. The van der Waals surface area contributed by atoms with Crippen molar-refractivity contribution in [3.05, 3.63) is 94.8 Å². The average Bonchev–Trinajstić information content (AvgIpc) is 2.86. The Morgan fingerprint density at radius 2 is 1.61 bits per heavy atom. The maximum Gasteiger partial charge on any atom is 0.412 e. The van der Waals surface area contributed by atoms with Crippen LogP contribution in [0.4, 0.5) is 13.2 Å². The first kappa shape index (κ1) is 27.5. The molecule has 0 N–H and O–H groups in total. The third-order valence-corrected chi connectivity index (χ3v) is 6.39. The van der Waals surface area contributed by atoms with Crippen molar-refractivity contribution < 1.29 is 22.7 Å². The van der Waals surface area contributed by atoms with E-state index in [1.54, 1.807) is 11.9 Å². The molecule has 0 spiro atoms. The Hall–Kier alpha value is -3.06. The number of hydrogen-bond acceptors (Lipinski definition) is 3. The van der Waals surface area contributed by atoms with Gasteiger partial charge in [-0.3, -0.25) is 4.79 Å². The van der Waals surface area contributed by atoms with E-state index in [-0.39, 0.29) is 30.8 Å². The van der Waals surface area contributed by atoms with Gasteiger partial charge in [-0.2, -0.15) is 13.2 Å². The number of allylic oxidation sites excluding steroid dienone is 4. The number of hydrogen-bond donors (Lipinski definition) is 0. The summed E-state index contributed by atoms with van der Waals surface area (Å²) < 4.78 is 45.0. The predicted octanol–water partition coefficient (Wildman–Crippen LogP) is 6.62. The maximum absolute atomic E-state index is 13.1. The van der Waals surface area contributed by atoms with Crippen molar-refractivity contribution in [2.75, 3.05) is 27.7 Å². The summed E-state index contributed by atoms with van der Waals surface area (Å²) in [4.78, 5) is 16.9. The first-order valence-corrected chi connectivity index (χ1v) is 12.2. The Morgan fingerprint density at radius 1 is 0.944 bits per heavy atom. The Labute approximate surface area is 212 Å². The van der Waals surface area contributed by atoms with Gasteiger partial charge in [-0.15, -0.1) is 0 Å². The third-order valence-electron chi connectivity index (χ3n) is 6.39. The first-order chi connectivity index (χ1) is 17.0. The summed E-state index contributed by atoms with van der Waals surface area (Å²) >= 11 is 0. The molecule has 0 aliphatic heterocycles. The molecule has 2 atom stereocenters. The Balaban J connectivity index is 1.65. The second-order valence-corrected chi connectivity index (χ2v) is 9.59. The van der Waals surface area contributed by atoms with Crippen molar-refractivity contribution in [1.82, 2.24) is 9.80 Å². The molecule has 0 heterocycles. The summed E-state index contributed by atoms with van der Waals surface area (Å²) in [6.07, 6.45) is -1.54. The molecule has 36 heavy (non-hydrogen) atoms. The lowest BCUT2D eigenvalue weighted by Gasteiger charge is -2.27. The number of carbonyl (C=O) groups excluding carboxylic acids is 1. The van der Waals surface area contributed by atoms with Crippen LogP contribution in [0.15, 0.2) is 78.1 Å². The number of nitrogens with zero attached hydrogens (tertiary/aromatic N) is 2. The van der Waals surface area contributed by atoms with Crippen LogP contribution >= 0.6 is 0 Å². The molecule has 2 aromatic rings. The van der Waals surface area contributed by atoms with Gasteiger partial charge in [0.2, 0.25) is 5.91 Å². The Bertz CT molecular complexity index is 1060. The molecular formula is C29H35F3N2O2. The minimum absolute atomic E-state index is 0.0109. The molecule has 0 bridgehead atoms. The summed E-state index contributed by atoms with van der Waals surface area (Å²) in [5.74, 6) is 0.250. The molecule has 194 valence electrons. The molecule has 0 aromatic heterocycles. The zero-order valence-corrected chi connectivity index (χ0v) is 21.4. The number of alkyl halides is 3. The van der Waals surface area contributed by atoms with Crippen molar-refractivity contribution in [2.24, 2.45) is 0 Å². The van der Waals surface area contributed by atoms with Gasteiger partial charge in [0.15, 0.2) is 0 Å². The van der Waals surface area contributed by atoms with Crippen molar-refractivity contribution in [3.8, 4) is 0 Å². The van der Waals surface area contributed by atoms with Gasteiger partial charge in [0.1, 0.15) is 6.10 Å². The molecule has 1 amide bonds. The minimum atomic E-state index is -4.31. The van der Waals surface area contributed by atoms with E-state index >= 15 is 0 Å². The van der Waals surface area contributed by atoms with Crippen molar-refractivity contribution >= 4 is 5.91 Å². The van der Waals surface area contributed by atoms with Crippen molar-refractivity contribution in [1.29, 1.82) is 0 Å². The van der Waals surface area contributed by atoms with Gasteiger partial charge in [0.05, 0.1) is 11.7 Å². The van der Waals surface area contributed by atoms with Gasteiger partial charge < -0.3 is 14.5 Å². The third kappa shape index (κ3) is 7.72. The van der Waals surface area contributed by atoms with Gasteiger partial charge in [0, 0.05) is 38.6 Å².